The Kier molecular flexibility index (Phi) is 5.93. The van der Waals surface area contributed by atoms with E-state index in [4.69, 9.17) is 25.5 Å². The highest BCUT2D eigenvalue weighted by Crippen LogP contribution is 2.27. The molecular formula is C19H18ClN3O4. The van der Waals surface area contributed by atoms with Crippen molar-refractivity contribution >= 4 is 17.5 Å². The number of benzene rings is 2. The van der Waals surface area contributed by atoms with Crippen LogP contribution < -0.4 is 14.8 Å². The van der Waals surface area contributed by atoms with E-state index in [1.54, 1.807) is 38.5 Å². The van der Waals surface area contributed by atoms with Gasteiger partial charge in [-0.3, -0.25) is 4.79 Å². The fourth-order valence-corrected chi connectivity index (χ4v) is 2.68. The lowest BCUT2D eigenvalue weighted by atomic mass is 10.1. The standard InChI is InChI=1S/C19H18ClN3O4/c1-25-15-7-6-12(10-16(15)26-2)8-9-21-17(24)19-23-22-18(27-19)13-4-3-5-14(20)11-13/h3-7,10-11H,8-9H2,1-2H3,(H,21,24). The first kappa shape index (κ1) is 18.7. The normalized spacial score (nSPS) is 10.5. The van der Waals surface area contributed by atoms with E-state index < -0.39 is 5.91 Å². The molecule has 0 radical (unpaired) electrons. The smallest absolute Gasteiger partial charge is 0.308 e. The lowest BCUT2D eigenvalue weighted by molar-refractivity contribution is 0.0920. The first-order valence-corrected chi connectivity index (χ1v) is 8.57. The number of carbonyl (C=O) groups excluding carboxylic acids is 1. The minimum Gasteiger partial charge on any atom is -0.493 e. The number of aromatic nitrogens is 2. The molecule has 1 amide bonds. The predicted octanol–water partition coefficient (Wildman–Crippen LogP) is 3.38. The molecule has 0 saturated heterocycles. The van der Waals surface area contributed by atoms with Gasteiger partial charge >= 0.3 is 11.8 Å². The molecule has 3 aromatic rings. The maximum Gasteiger partial charge on any atom is 0.308 e. The number of ether oxygens (including phenoxy) is 2. The number of carbonyl (C=O) groups is 1. The van der Waals surface area contributed by atoms with Crippen LogP contribution in [0.2, 0.25) is 5.02 Å². The molecular weight excluding hydrogens is 370 g/mol. The summed E-state index contributed by atoms with van der Waals surface area (Å²) in [5, 5.41) is 11.0. The van der Waals surface area contributed by atoms with Crippen molar-refractivity contribution in [1.82, 2.24) is 15.5 Å². The lowest BCUT2D eigenvalue weighted by Gasteiger charge is -2.09. The van der Waals surface area contributed by atoms with Gasteiger partial charge in [-0.1, -0.05) is 23.7 Å². The zero-order valence-electron chi connectivity index (χ0n) is 14.9. The number of hydrogen-bond acceptors (Lipinski definition) is 6. The summed E-state index contributed by atoms with van der Waals surface area (Å²) in [4.78, 5) is 12.2. The Morgan fingerprint density at radius 1 is 1.11 bits per heavy atom. The van der Waals surface area contributed by atoms with Crippen LogP contribution in [0.3, 0.4) is 0 Å². The van der Waals surface area contributed by atoms with Gasteiger partial charge in [0, 0.05) is 17.1 Å². The van der Waals surface area contributed by atoms with Crippen LogP contribution in [0.25, 0.3) is 11.5 Å². The van der Waals surface area contributed by atoms with Gasteiger partial charge in [0.1, 0.15) is 0 Å². The van der Waals surface area contributed by atoms with Crippen molar-refractivity contribution in [2.75, 3.05) is 20.8 Å². The SMILES string of the molecule is COc1ccc(CCNC(=O)c2nnc(-c3cccc(Cl)c3)o2)cc1OC. The first-order chi connectivity index (χ1) is 13.1. The van der Waals surface area contributed by atoms with E-state index in [2.05, 4.69) is 15.5 Å². The molecule has 1 heterocycles. The van der Waals surface area contributed by atoms with Crippen molar-refractivity contribution in [3.05, 3.63) is 58.9 Å². The second-order valence-corrected chi connectivity index (χ2v) is 6.05. The number of nitrogens with one attached hydrogen (secondary N) is 1. The molecule has 0 fully saturated rings. The Bertz CT molecular complexity index is 942. The van der Waals surface area contributed by atoms with Crippen LogP contribution in [0.4, 0.5) is 0 Å². The van der Waals surface area contributed by atoms with Gasteiger partial charge in [-0.15, -0.1) is 10.2 Å². The van der Waals surface area contributed by atoms with Crippen LogP contribution in [-0.4, -0.2) is 36.9 Å². The molecule has 0 unspecified atom stereocenters. The molecule has 3 rings (SSSR count). The molecule has 0 atom stereocenters. The molecule has 0 saturated carbocycles. The van der Waals surface area contributed by atoms with Crippen LogP contribution in [0.5, 0.6) is 11.5 Å². The summed E-state index contributed by atoms with van der Waals surface area (Å²) in [6, 6.07) is 12.6. The average molecular weight is 388 g/mol. The maximum atomic E-state index is 12.2. The molecule has 7 nitrogen and oxygen atoms in total. The topological polar surface area (TPSA) is 86.5 Å². The number of hydrogen-bond donors (Lipinski definition) is 1. The van der Waals surface area contributed by atoms with Crippen LogP contribution >= 0.6 is 11.6 Å². The van der Waals surface area contributed by atoms with Gasteiger partial charge in [0.2, 0.25) is 5.89 Å². The number of rotatable bonds is 7. The summed E-state index contributed by atoms with van der Waals surface area (Å²) in [5.41, 5.74) is 1.65. The monoisotopic (exact) mass is 387 g/mol. The Hall–Kier alpha value is -3.06. The fourth-order valence-electron chi connectivity index (χ4n) is 2.49. The highest BCUT2D eigenvalue weighted by atomic mass is 35.5. The van der Waals surface area contributed by atoms with Crippen LogP contribution in [0.15, 0.2) is 46.9 Å². The third-order valence-corrected chi connectivity index (χ3v) is 4.07. The van der Waals surface area contributed by atoms with Crippen LogP contribution in [0.1, 0.15) is 16.2 Å². The van der Waals surface area contributed by atoms with Crippen LogP contribution in [0, 0.1) is 0 Å². The molecule has 1 N–H and O–H groups in total. The van der Waals surface area contributed by atoms with Crippen molar-refractivity contribution < 1.29 is 18.7 Å². The minimum absolute atomic E-state index is 0.0997. The first-order valence-electron chi connectivity index (χ1n) is 8.19. The zero-order chi connectivity index (χ0) is 19.2. The van der Waals surface area contributed by atoms with Crippen molar-refractivity contribution in [3.63, 3.8) is 0 Å². The van der Waals surface area contributed by atoms with E-state index >= 15 is 0 Å². The van der Waals surface area contributed by atoms with Gasteiger partial charge in [0.05, 0.1) is 14.2 Å². The van der Waals surface area contributed by atoms with Crippen molar-refractivity contribution in [3.8, 4) is 23.0 Å². The summed E-state index contributed by atoms with van der Waals surface area (Å²) in [5.74, 6) is 1.00. The summed E-state index contributed by atoms with van der Waals surface area (Å²) in [6.07, 6.45) is 0.612. The van der Waals surface area contributed by atoms with Crippen molar-refractivity contribution in [2.24, 2.45) is 0 Å². The summed E-state index contributed by atoms with van der Waals surface area (Å²) in [7, 11) is 3.16. The Balaban J connectivity index is 1.59. The molecule has 0 aliphatic rings. The van der Waals surface area contributed by atoms with E-state index in [1.807, 2.05) is 18.2 Å². The molecule has 8 heteroatoms. The van der Waals surface area contributed by atoms with Gasteiger partial charge in [-0.25, -0.2) is 0 Å². The second kappa shape index (κ2) is 8.55. The number of nitrogens with zero attached hydrogens (tertiary/aromatic N) is 2. The summed E-state index contributed by atoms with van der Waals surface area (Å²) < 4.78 is 15.9. The molecule has 140 valence electrons. The van der Waals surface area contributed by atoms with Gasteiger partial charge in [-0.2, -0.15) is 0 Å². The van der Waals surface area contributed by atoms with Gasteiger partial charge in [0.15, 0.2) is 11.5 Å². The molecule has 0 aliphatic carbocycles. The Morgan fingerprint density at radius 3 is 2.67 bits per heavy atom. The average Bonchev–Trinajstić information content (AvgIpc) is 3.18. The minimum atomic E-state index is -0.434. The predicted molar refractivity (Wildman–Crippen MR) is 100 cm³/mol. The summed E-state index contributed by atoms with van der Waals surface area (Å²) >= 11 is 5.95. The van der Waals surface area contributed by atoms with Gasteiger partial charge in [-0.05, 0) is 42.3 Å². The van der Waals surface area contributed by atoms with Crippen LogP contribution in [-0.2, 0) is 6.42 Å². The van der Waals surface area contributed by atoms with Crippen molar-refractivity contribution in [2.45, 2.75) is 6.42 Å². The molecule has 0 bridgehead atoms. The van der Waals surface area contributed by atoms with E-state index in [0.29, 0.717) is 35.1 Å². The quantitative estimate of drug-likeness (QED) is 0.668. The maximum absolute atomic E-state index is 12.2. The highest BCUT2D eigenvalue weighted by Gasteiger charge is 2.15. The molecule has 1 aromatic heterocycles. The Labute approximate surface area is 161 Å². The highest BCUT2D eigenvalue weighted by molar-refractivity contribution is 6.30. The molecule has 2 aromatic carbocycles. The van der Waals surface area contributed by atoms with E-state index in [9.17, 15) is 4.79 Å². The third-order valence-electron chi connectivity index (χ3n) is 3.84. The second-order valence-electron chi connectivity index (χ2n) is 5.62. The third kappa shape index (κ3) is 4.57. The van der Waals surface area contributed by atoms with E-state index in [0.717, 1.165) is 5.56 Å². The lowest BCUT2D eigenvalue weighted by Crippen LogP contribution is -2.26. The molecule has 0 aliphatic heterocycles. The molecule has 27 heavy (non-hydrogen) atoms. The number of methoxy groups -OCH3 is 2. The molecule has 0 spiro atoms. The Morgan fingerprint density at radius 2 is 1.93 bits per heavy atom. The van der Waals surface area contributed by atoms with E-state index in [1.165, 1.54) is 0 Å². The summed E-state index contributed by atoms with van der Waals surface area (Å²) in [6.45, 7) is 0.406. The van der Waals surface area contributed by atoms with E-state index in [-0.39, 0.29) is 11.8 Å². The fraction of sp³-hybridized carbons (Fsp3) is 0.211. The largest absolute Gasteiger partial charge is 0.493 e. The zero-order valence-corrected chi connectivity index (χ0v) is 15.6. The number of amides is 1. The van der Waals surface area contributed by atoms with Crippen molar-refractivity contribution in [1.29, 1.82) is 0 Å². The van der Waals surface area contributed by atoms with Gasteiger partial charge in [0.25, 0.3) is 0 Å². The number of halogens is 1. The van der Waals surface area contributed by atoms with Gasteiger partial charge < -0.3 is 19.2 Å².